The predicted octanol–water partition coefficient (Wildman–Crippen LogP) is 2.45. The average molecular weight is 339 g/mol. The second-order valence-corrected chi connectivity index (χ2v) is 5.33. The van der Waals surface area contributed by atoms with E-state index in [0.29, 0.717) is 5.95 Å². The lowest BCUT2D eigenvalue weighted by Crippen LogP contribution is -2.10. The Balaban J connectivity index is 1.90. The summed E-state index contributed by atoms with van der Waals surface area (Å²) >= 11 is 3.45. The van der Waals surface area contributed by atoms with E-state index in [4.69, 9.17) is 0 Å². The second-order valence-electron chi connectivity index (χ2n) is 4.47. The smallest absolute Gasteiger partial charge is 0.224 e. The van der Waals surface area contributed by atoms with Crippen molar-refractivity contribution in [3.05, 3.63) is 28.6 Å². The molecule has 0 radical (unpaired) electrons. The number of nitrogens with one attached hydrogen (secondary N) is 2. The molecule has 0 saturated carbocycles. The van der Waals surface area contributed by atoms with Crippen LogP contribution in [0, 0.1) is 0 Å². The van der Waals surface area contributed by atoms with Crippen molar-refractivity contribution in [2.75, 3.05) is 23.7 Å². The normalized spacial score (nSPS) is 10.6. The summed E-state index contributed by atoms with van der Waals surface area (Å²) in [6.45, 7) is 3.76. The van der Waals surface area contributed by atoms with Crippen molar-refractivity contribution in [1.82, 2.24) is 19.7 Å². The molecule has 0 atom stereocenters. The van der Waals surface area contributed by atoms with Crippen molar-refractivity contribution in [3.8, 4) is 0 Å². The number of nitrogens with zero attached hydrogens (tertiary/aromatic N) is 4. The average Bonchev–Trinajstić information content (AvgIpc) is 2.85. The van der Waals surface area contributed by atoms with Gasteiger partial charge in [0, 0.05) is 39.0 Å². The first kappa shape index (κ1) is 14.8. The molecule has 0 aliphatic rings. The summed E-state index contributed by atoms with van der Waals surface area (Å²) in [7, 11) is 1.92. The highest BCUT2D eigenvalue weighted by molar-refractivity contribution is 9.10. The van der Waals surface area contributed by atoms with E-state index in [1.807, 2.05) is 24.0 Å². The van der Waals surface area contributed by atoms with Gasteiger partial charge in [-0.05, 0) is 28.4 Å². The highest BCUT2D eigenvalue weighted by Crippen LogP contribution is 2.20. The molecule has 0 aromatic carbocycles. The van der Waals surface area contributed by atoms with Gasteiger partial charge in [0.05, 0.1) is 10.2 Å². The molecule has 2 heterocycles. The van der Waals surface area contributed by atoms with Crippen LogP contribution >= 0.6 is 15.9 Å². The van der Waals surface area contributed by atoms with Gasteiger partial charge in [0.2, 0.25) is 5.95 Å². The van der Waals surface area contributed by atoms with Crippen molar-refractivity contribution < 1.29 is 0 Å². The molecule has 0 spiro atoms. The Hall–Kier alpha value is -1.63. The van der Waals surface area contributed by atoms with E-state index in [2.05, 4.69) is 48.6 Å². The number of halogens is 1. The minimum absolute atomic E-state index is 0.649. The van der Waals surface area contributed by atoms with E-state index in [-0.39, 0.29) is 0 Å². The van der Waals surface area contributed by atoms with Crippen molar-refractivity contribution in [2.24, 2.45) is 7.05 Å². The zero-order valence-corrected chi connectivity index (χ0v) is 13.3. The molecule has 2 rings (SSSR count). The van der Waals surface area contributed by atoms with Gasteiger partial charge in [-0.15, -0.1) is 0 Å². The van der Waals surface area contributed by atoms with Crippen LogP contribution in [0.5, 0.6) is 0 Å². The number of aromatic nitrogens is 4. The number of hydrogen-bond donors (Lipinski definition) is 2. The maximum absolute atomic E-state index is 4.44. The summed E-state index contributed by atoms with van der Waals surface area (Å²) in [5.74, 6) is 1.45. The molecule has 0 saturated heterocycles. The van der Waals surface area contributed by atoms with Crippen LogP contribution in [-0.2, 0) is 13.5 Å². The lowest BCUT2D eigenvalue weighted by molar-refractivity contribution is 0.742. The Morgan fingerprint density at radius 3 is 2.85 bits per heavy atom. The first-order valence-electron chi connectivity index (χ1n) is 6.68. The Labute approximate surface area is 127 Å². The fourth-order valence-corrected chi connectivity index (χ4v) is 2.05. The Morgan fingerprint density at radius 2 is 2.15 bits per heavy atom. The summed E-state index contributed by atoms with van der Waals surface area (Å²) in [5.41, 5.74) is 1.06. The third kappa shape index (κ3) is 4.19. The van der Waals surface area contributed by atoms with Gasteiger partial charge in [-0.3, -0.25) is 4.68 Å². The molecule has 2 N–H and O–H groups in total. The maximum atomic E-state index is 4.44. The highest BCUT2D eigenvalue weighted by Gasteiger charge is 2.05. The number of anilines is 2. The molecule has 2 aromatic rings. The van der Waals surface area contributed by atoms with E-state index in [1.54, 1.807) is 6.20 Å². The Morgan fingerprint density at radius 1 is 1.30 bits per heavy atom. The van der Waals surface area contributed by atoms with Gasteiger partial charge in [0.25, 0.3) is 0 Å². The molecule has 0 amide bonds. The Kier molecular flexibility index (Phi) is 5.34. The monoisotopic (exact) mass is 338 g/mol. The lowest BCUT2D eigenvalue weighted by atomic mass is 10.3. The molecule has 7 heteroatoms. The quantitative estimate of drug-likeness (QED) is 0.811. The van der Waals surface area contributed by atoms with Gasteiger partial charge < -0.3 is 10.6 Å². The molecule has 0 unspecified atom stereocenters. The van der Waals surface area contributed by atoms with Crippen LogP contribution in [0.4, 0.5) is 11.8 Å². The van der Waals surface area contributed by atoms with Crippen LogP contribution in [-0.4, -0.2) is 32.8 Å². The van der Waals surface area contributed by atoms with E-state index < -0.39 is 0 Å². The molecular weight excluding hydrogens is 320 g/mol. The predicted molar refractivity (Wildman–Crippen MR) is 83.9 cm³/mol. The standard InChI is InChI=1S/C13H19BrN6/c1-3-6-16-13-17-9-11(14)12(18-13)15-7-4-10-5-8-20(2)19-10/h5,8-9H,3-4,6-7H2,1-2H3,(H2,15,16,17,18). The van der Waals surface area contributed by atoms with E-state index >= 15 is 0 Å². The molecular formula is C13H19BrN6. The minimum atomic E-state index is 0.649. The lowest BCUT2D eigenvalue weighted by Gasteiger charge is -2.09. The van der Waals surface area contributed by atoms with Gasteiger partial charge in [0.15, 0.2) is 0 Å². The third-order valence-electron chi connectivity index (χ3n) is 2.72. The third-order valence-corrected chi connectivity index (χ3v) is 3.30. The molecule has 0 fully saturated rings. The van der Waals surface area contributed by atoms with Crippen molar-refractivity contribution in [1.29, 1.82) is 0 Å². The van der Waals surface area contributed by atoms with E-state index in [0.717, 1.165) is 41.9 Å². The molecule has 6 nitrogen and oxygen atoms in total. The van der Waals surface area contributed by atoms with Crippen LogP contribution in [0.2, 0.25) is 0 Å². The molecule has 0 bridgehead atoms. The fourth-order valence-electron chi connectivity index (χ4n) is 1.72. The fraction of sp³-hybridized carbons (Fsp3) is 0.462. The second kappa shape index (κ2) is 7.23. The van der Waals surface area contributed by atoms with Gasteiger partial charge in [0.1, 0.15) is 5.82 Å². The molecule has 108 valence electrons. The first-order valence-corrected chi connectivity index (χ1v) is 7.47. The SMILES string of the molecule is CCCNc1ncc(Br)c(NCCc2ccn(C)n2)n1. The summed E-state index contributed by atoms with van der Waals surface area (Å²) in [6, 6.07) is 2.02. The van der Waals surface area contributed by atoms with E-state index in [1.165, 1.54) is 0 Å². The minimum Gasteiger partial charge on any atom is -0.369 e. The van der Waals surface area contributed by atoms with Crippen LogP contribution in [0.15, 0.2) is 22.9 Å². The van der Waals surface area contributed by atoms with Crippen LogP contribution < -0.4 is 10.6 Å². The summed E-state index contributed by atoms with van der Waals surface area (Å²) in [6.07, 6.45) is 5.60. The van der Waals surface area contributed by atoms with Gasteiger partial charge in [-0.25, -0.2) is 4.98 Å². The zero-order valence-electron chi connectivity index (χ0n) is 11.7. The number of rotatable bonds is 7. The Bertz CT molecular complexity index is 554. The first-order chi connectivity index (χ1) is 9.69. The molecule has 2 aromatic heterocycles. The van der Waals surface area contributed by atoms with Crippen molar-refractivity contribution in [3.63, 3.8) is 0 Å². The van der Waals surface area contributed by atoms with Crippen molar-refractivity contribution in [2.45, 2.75) is 19.8 Å². The van der Waals surface area contributed by atoms with Gasteiger partial charge in [-0.2, -0.15) is 10.1 Å². The summed E-state index contributed by atoms with van der Waals surface area (Å²) in [5, 5.41) is 10.8. The number of hydrogen-bond acceptors (Lipinski definition) is 5. The van der Waals surface area contributed by atoms with Crippen LogP contribution in [0.25, 0.3) is 0 Å². The highest BCUT2D eigenvalue weighted by atomic mass is 79.9. The molecule has 20 heavy (non-hydrogen) atoms. The summed E-state index contributed by atoms with van der Waals surface area (Å²) < 4.78 is 2.67. The summed E-state index contributed by atoms with van der Waals surface area (Å²) in [4.78, 5) is 8.66. The topological polar surface area (TPSA) is 67.7 Å². The van der Waals surface area contributed by atoms with Gasteiger partial charge in [-0.1, -0.05) is 6.92 Å². The number of aryl methyl sites for hydroxylation is 1. The maximum Gasteiger partial charge on any atom is 0.224 e. The van der Waals surface area contributed by atoms with Crippen LogP contribution in [0.1, 0.15) is 19.0 Å². The van der Waals surface area contributed by atoms with Gasteiger partial charge >= 0.3 is 0 Å². The van der Waals surface area contributed by atoms with E-state index in [9.17, 15) is 0 Å². The molecule has 0 aliphatic carbocycles. The zero-order chi connectivity index (χ0) is 14.4. The van der Waals surface area contributed by atoms with Crippen molar-refractivity contribution >= 4 is 27.7 Å². The largest absolute Gasteiger partial charge is 0.369 e. The molecule has 0 aliphatic heterocycles. The van der Waals surface area contributed by atoms with Crippen LogP contribution in [0.3, 0.4) is 0 Å².